The fourth-order valence-corrected chi connectivity index (χ4v) is 5.90. The zero-order valence-corrected chi connectivity index (χ0v) is 20.3. The van der Waals surface area contributed by atoms with Gasteiger partial charge in [0, 0.05) is 31.7 Å². The predicted molar refractivity (Wildman–Crippen MR) is 128 cm³/mol. The minimum absolute atomic E-state index is 0.0834. The van der Waals surface area contributed by atoms with Crippen molar-refractivity contribution in [2.75, 3.05) is 38.2 Å². The summed E-state index contributed by atoms with van der Waals surface area (Å²) in [4.78, 5) is 22.0. The molecule has 2 heterocycles. The maximum atomic E-state index is 12.9. The molecular weight excluding hydrogens is 446 g/mol. The summed E-state index contributed by atoms with van der Waals surface area (Å²) in [5.74, 6) is 0.685. The van der Waals surface area contributed by atoms with E-state index in [0.717, 1.165) is 21.1 Å². The van der Waals surface area contributed by atoms with Crippen LogP contribution in [-0.4, -0.2) is 62.7 Å². The first kappa shape index (κ1) is 22.5. The molecule has 1 aliphatic rings. The molecule has 3 aromatic rings. The summed E-state index contributed by atoms with van der Waals surface area (Å²) in [6, 6.07) is 10.2. The van der Waals surface area contributed by atoms with Crippen molar-refractivity contribution in [3.05, 3.63) is 47.5 Å². The molecule has 1 amide bonds. The molecule has 0 saturated carbocycles. The minimum atomic E-state index is -3.35. The second kappa shape index (κ2) is 8.71. The number of aryl methyl sites for hydroxylation is 1. The Bertz CT molecular complexity index is 1240. The molecule has 1 aromatic heterocycles. The third-order valence-electron chi connectivity index (χ3n) is 5.80. The van der Waals surface area contributed by atoms with Crippen molar-refractivity contribution >= 4 is 42.4 Å². The van der Waals surface area contributed by atoms with Gasteiger partial charge in [0.15, 0.2) is 15.0 Å². The van der Waals surface area contributed by atoms with Crippen LogP contribution in [0.15, 0.2) is 41.3 Å². The SMILES string of the molecule is COc1ccc(C)c2sc(N3CCN(C(=O)c4ccc(S(=O)(=O)C(C)C)cc4)CC3)nc12. The third kappa shape index (κ3) is 4.06. The predicted octanol–water partition coefficient (Wildman–Crippen LogP) is 3.76. The molecule has 0 N–H and O–H groups in total. The Balaban J connectivity index is 1.45. The molecule has 4 rings (SSSR count). The summed E-state index contributed by atoms with van der Waals surface area (Å²) >= 11 is 1.65. The van der Waals surface area contributed by atoms with Crippen molar-refractivity contribution in [2.24, 2.45) is 0 Å². The fraction of sp³-hybridized carbons (Fsp3) is 0.391. The van der Waals surface area contributed by atoms with Crippen LogP contribution < -0.4 is 9.64 Å². The van der Waals surface area contributed by atoms with Crippen LogP contribution in [0.2, 0.25) is 0 Å². The number of hydrogen-bond donors (Lipinski definition) is 0. The van der Waals surface area contributed by atoms with Gasteiger partial charge in [-0.2, -0.15) is 0 Å². The van der Waals surface area contributed by atoms with Gasteiger partial charge in [-0.05, 0) is 56.7 Å². The van der Waals surface area contributed by atoms with Crippen LogP contribution >= 0.6 is 11.3 Å². The largest absolute Gasteiger partial charge is 0.494 e. The Morgan fingerprint density at radius 2 is 1.72 bits per heavy atom. The third-order valence-corrected chi connectivity index (χ3v) is 9.22. The molecule has 2 aromatic carbocycles. The number of sulfone groups is 1. The zero-order chi connectivity index (χ0) is 23.0. The summed E-state index contributed by atoms with van der Waals surface area (Å²) in [7, 11) is -1.70. The lowest BCUT2D eigenvalue weighted by atomic mass is 10.2. The van der Waals surface area contributed by atoms with Gasteiger partial charge in [0.25, 0.3) is 5.91 Å². The fourth-order valence-electron chi connectivity index (χ4n) is 3.74. The van der Waals surface area contributed by atoms with Gasteiger partial charge in [0.2, 0.25) is 0 Å². The Morgan fingerprint density at radius 1 is 1.06 bits per heavy atom. The average Bonchev–Trinajstić information content (AvgIpc) is 3.25. The van der Waals surface area contributed by atoms with Crippen LogP contribution in [0, 0.1) is 6.92 Å². The molecule has 32 heavy (non-hydrogen) atoms. The number of amides is 1. The first-order valence-electron chi connectivity index (χ1n) is 10.5. The van der Waals surface area contributed by atoms with Crippen LogP contribution in [0.3, 0.4) is 0 Å². The molecule has 170 valence electrons. The van der Waals surface area contributed by atoms with E-state index in [-0.39, 0.29) is 10.8 Å². The van der Waals surface area contributed by atoms with Gasteiger partial charge in [-0.3, -0.25) is 4.79 Å². The summed E-state index contributed by atoms with van der Waals surface area (Å²) in [6.07, 6.45) is 0. The highest BCUT2D eigenvalue weighted by Crippen LogP contribution is 2.36. The number of benzene rings is 2. The molecule has 0 spiro atoms. The Kier molecular flexibility index (Phi) is 6.13. The average molecular weight is 474 g/mol. The zero-order valence-electron chi connectivity index (χ0n) is 18.7. The van der Waals surface area contributed by atoms with E-state index in [0.29, 0.717) is 31.7 Å². The van der Waals surface area contributed by atoms with Crippen molar-refractivity contribution < 1.29 is 17.9 Å². The molecule has 0 bridgehead atoms. The highest BCUT2D eigenvalue weighted by atomic mass is 32.2. The molecule has 1 saturated heterocycles. The van der Waals surface area contributed by atoms with Crippen LogP contribution in [0.1, 0.15) is 29.8 Å². The number of rotatable bonds is 5. The smallest absolute Gasteiger partial charge is 0.253 e. The Labute approximate surface area is 192 Å². The number of carbonyl (C=O) groups is 1. The molecule has 7 nitrogen and oxygen atoms in total. The van der Waals surface area contributed by atoms with E-state index in [1.54, 1.807) is 44.4 Å². The van der Waals surface area contributed by atoms with E-state index in [4.69, 9.17) is 9.72 Å². The summed E-state index contributed by atoms with van der Waals surface area (Å²) in [6.45, 7) is 7.90. The molecule has 1 fully saturated rings. The number of piperazine rings is 1. The monoisotopic (exact) mass is 473 g/mol. The van der Waals surface area contributed by atoms with E-state index < -0.39 is 15.1 Å². The first-order chi connectivity index (χ1) is 15.2. The van der Waals surface area contributed by atoms with Crippen LogP contribution in [0.4, 0.5) is 5.13 Å². The van der Waals surface area contributed by atoms with Crippen molar-refractivity contribution in [1.29, 1.82) is 0 Å². The maximum Gasteiger partial charge on any atom is 0.253 e. The standard InChI is InChI=1S/C23H27N3O4S2/c1-15(2)32(28,29)18-8-6-17(7-9-18)22(27)25-11-13-26(14-12-25)23-24-20-19(30-4)10-5-16(3)21(20)31-23/h5-10,15H,11-14H2,1-4H3. The van der Waals surface area contributed by atoms with Crippen molar-refractivity contribution in [1.82, 2.24) is 9.88 Å². The highest BCUT2D eigenvalue weighted by molar-refractivity contribution is 7.92. The van der Waals surface area contributed by atoms with Crippen molar-refractivity contribution in [3.63, 3.8) is 0 Å². The lowest BCUT2D eigenvalue weighted by molar-refractivity contribution is 0.0746. The van der Waals surface area contributed by atoms with Gasteiger partial charge >= 0.3 is 0 Å². The number of carbonyl (C=O) groups excluding carboxylic acids is 1. The lowest BCUT2D eigenvalue weighted by Gasteiger charge is -2.34. The summed E-state index contributed by atoms with van der Waals surface area (Å²) in [5, 5.41) is 0.436. The van der Waals surface area contributed by atoms with E-state index in [9.17, 15) is 13.2 Å². The number of nitrogens with zero attached hydrogens (tertiary/aromatic N) is 3. The molecule has 1 aliphatic heterocycles. The topological polar surface area (TPSA) is 79.8 Å². The van der Waals surface area contributed by atoms with Gasteiger partial charge in [-0.1, -0.05) is 17.4 Å². The van der Waals surface area contributed by atoms with E-state index in [2.05, 4.69) is 11.8 Å². The van der Waals surface area contributed by atoms with Crippen molar-refractivity contribution in [2.45, 2.75) is 30.9 Å². The van der Waals surface area contributed by atoms with Gasteiger partial charge < -0.3 is 14.5 Å². The number of anilines is 1. The summed E-state index contributed by atoms with van der Waals surface area (Å²) < 4.78 is 31.2. The molecule has 9 heteroatoms. The number of aromatic nitrogens is 1. The maximum absolute atomic E-state index is 12.9. The number of thiazole rings is 1. The van der Waals surface area contributed by atoms with E-state index in [1.165, 1.54) is 17.7 Å². The number of fused-ring (bicyclic) bond motifs is 1. The lowest BCUT2D eigenvalue weighted by Crippen LogP contribution is -2.48. The molecule has 0 radical (unpaired) electrons. The second-order valence-electron chi connectivity index (χ2n) is 8.16. The van der Waals surface area contributed by atoms with Crippen molar-refractivity contribution in [3.8, 4) is 5.75 Å². The van der Waals surface area contributed by atoms with E-state index in [1.807, 2.05) is 17.0 Å². The van der Waals surface area contributed by atoms with Gasteiger partial charge in [-0.25, -0.2) is 13.4 Å². The van der Waals surface area contributed by atoms with Gasteiger partial charge in [0.05, 0.1) is 22.0 Å². The Morgan fingerprint density at radius 3 is 2.31 bits per heavy atom. The molecule has 0 atom stereocenters. The number of methoxy groups -OCH3 is 1. The molecule has 0 unspecified atom stereocenters. The first-order valence-corrected chi connectivity index (χ1v) is 12.9. The second-order valence-corrected chi connectivity index (χ2v) is 11.6. The summed E-state index contributed by atoms with van der Waals surface area (Å²) in [5.41, 5.74) is 2.55. The number of ether oxygens (including phenoxy) is 1. The highest BCUT2D eigenvalue weighted by Gasteiger charge is 2.25. The van der Waals surface area contributed by atoms with Gasteiger partial charge in [-0.15, -0.1) is 0 Å². The van der Waals surface area contributed by atoms with Crippen LogP contribution in [0.25, 0.3) is 10.2 Å². The Hall–Kier alpha value is -2.65. The normalized spacial score (nSPS) is 14.9. The quantitative estimate of drug-likeness (QED) is 0.561. The van der Waals surface area contributed by atoms with Gasteiger partial charge in [0.1, 0.15) is 11.3 Å². The molecule has 0 aliphatic carbocycles. The molecular formula is C23H27N3O4S2. The number of hydrogen-bond acceptors (Lipinski definition) is 7. The van der Waals surface area contributed by atoms with Crippen LogP contribution in [0.5, 0.6) is 5.75 Å². The minimum Gasteiger partial charge on any atom is -0.494 e. The van der Waals surface area contributed by atoms with Crippen LogP contribution in [-0.2, 0) is 9.84 Å². The van der Waals surface area contributed by atoms with E-state index >= 15 is 0 Å².